The van der Waals surface area contributed by atoms with E-state index < -0.39 is 0 Å². The van der Waals surface area contributed by atoms with Crippen molar-refractivity contribution in [3.05, 3.63) is 95.1 Å². The van der Waals surface area contributed by atoms with Crippen molar-refractivity contribution in [2.45, 2.75) is 59.8 Å². The smallest absolute Gasteiger partial charge is 0.194 e. The van der Waals surface area contributed by atoms with Gasteiger partial charge in [0.2, 0.25) is 0 Å². The molecule has 0 radical (unpaired) electrons. The summed E-state index contributed by atoms with van der Waals surface area (Å²) < 4.78 is 24.1. The molecule has 3 aliphatic rings. The van der Waals surface area contributed by atoms with E-state index in [2.05, 4.69) is 37.5 Å². The van der Waals surface area contributed by atoms with Gasteiger partial charge >= 0.3 is 0 Å². The number of ether oxygens (including phenoxy) is 4. The van der Waals surface area contributed by atoms with Crippen LogP contribution >= 0.6 is 0 Å². The third kappa shape index (κ3) is 8.45. The minimum absolute atomic E-state index is 0.0514. The highest BCUT2D eigenvalue weighted by Gasteiger charge is 2.33. The number of likely N-dealkylation sites (tertiary alicyclic amines) is 1. The van der Waals surface area contributed by atoms with E-state index in [1.807, 2.05) is 72.8 Å². The number of carbonyl (C=O) groups is 2. The fourth-order valence-corrected chi connectivity index (χ4v) is 7.41. The summed E-state index contributed by atoms with van der Waals surface area (Å²) in [5.74, 6) is 3.19. The van der Waals surface area contributed by atoms with Crippen molar-refractivity contribution in [1.82, 2.24) is 9.80 Å². The molecule has 53 heavy (non-hydrogen) atoms. The van der Waals surface area contributed by atoms with Crippen LogP contribution in [0.4, 0.5) is 0 Å². The SMILES string of the molecule is CCCOc1cccc2c1-c1c(OCCCN(CC)CC)cccc1C2=O.CCCOc1cccc2c1-c1c(OCCN3CCCC3)cccc1C2=O. The van der Waals surface area contributed by atoms with Gasteiger partial charge in [-0.15, -0.1) is 0 Å². The molecule has 7 rings (SSSR count). The summed E-state index contributed by atoms with van der Waals surface area (Å²) in [5.41, 5.74) is 6.38. The lowest BCUT2D eigenvalue weighted by Crippen LogP contribution is -2.25. The van der Waals surface area contributed by atoms with Crippen molar-refractivity contribution < 1.29 is 28.5 Å². The molecular weight excluding hydrogens is 665 g/mol. The number of hydrogen-bond donors (Lipinski definition) is 0. The number of carbonyl (C=O) groups excluding carboxylic acids is 2. The first-order valence-electron chi connectivity index (χ1n) is 19.6. The van der Waals surface area contributed by atoms with Gasteiger partial charge in [-0.05, 0) is 82.5 Å². The molecule has 0 atom stereocenters. The van der Waals surface area contributed by atoms with Gasteiger partial charge in [0.15, 0.2) is 11.6 Å². The topological polar surface area (TPSA) is 77.5 Å². The van der Waals surface area contributed by atoms with Crippen molar-refractivity contribution in [2.24, 2.45) is 0 Å². The molecule has 8 nitrogen and oxygen atoms in total. The molecule has 4 aromatic carbocycles. The van der Waals surface area contributed by atoms with E-state index in [-0.39, 0.29) is 11.6 Å². The number of benzene rings is 4. The molecule has 2 aliphatic carbocycles. The lowest BCUT2D eigenvalue weighted by Gasteiger charge is -2.18. The summed E-state index contributed by atoms with van der Waals surface area (Å²) in [7, 11) is 0. The molecule has 8 heteroatoms. The predicted molar refractivity (Wildman–Crippen MR) is 211 cm³/mol. The molecule has 0 unspecified atom stereocenters. The van der Waals surface area contributed by atoms with Gasteiger partial charge in [0, 0.05) is 57.6 Å². The average Bonchev–Trinajstić information content (AvgIpc) is 3.90. The van der Waals surface area contributed by atoms with Crippen molar-refractivity contribution >= 4 is 11.6 Å². The zero-order chi connectivity index (χ0) is 37.2. The Labute approximate surface area is 315 Å². The van der Waals surface area contributed by atoms with Crippen molar-refractivity contribution in [1.29, 1.82) is 0 Å². The molecule has 0 aromatic heterocycles. The Kier molecular flexibility index (Phi) is 13.2. The van der Waals surface area contributed by atoms with E-state index in [0.717, 1.165) is 104 Å². The normalized spacial score (nSPS) is 14.0. The molecule has 0 N–H and O–H groups in total. The first-order chi connectivity index (χ1) is 26.0. The fraction of sp³-hybridized carbons (Fsp3) is 0.422. The van der Waals surface area contributed by atoms with Crippen LogP contribution in [0.3, 0.4) is 0 Å². The van der Waals surface area contributed by atoms with E-state index >= 15 is 0 Å². The molecule has 1 fully saturated rings. The van der Waals surface area contributed by atoms with E-state index in [1.165, 1.54) is 12.8 Å². The first-order valence-corrected chi connectivity index (χ1v) is 19.6. The van der Waals surface area contributed by atoms with Crippen LogP contribution in [0.25, 0.3) is 22.3 Å². The molecule has 0 bridgehead atoms. The maximum absolute atomic E-state index is 12.8. The van der Waals surface area contributed by atoms with E-state index in [4.69, 9.17) is 18.9 Å². The van der Waals surface area contributed by atoms with Gasteiger partial charge in [0.05, 0.1) is 19.8 Å². The summed E-state index contributed by atoms with van der Waals surface area (Å²) >= 11 is 0. The lowest BCUT2D eigenvalue weighted by atomic mass is 10.0. The summed E-state index contributed by atoms with van der Waals surface area (Å²) in [6.07, 6.45) is 5.37. The van der Waals surface area contributed by atoms with E-state index in [1.54, 1.807) is 0 Å². The van der Waals surface area contributed by atoms with Crippen LogP contribution in [0.15, 0.2) is 72.8 Å². The second-order valence-corrected chi connectivity index (χ2v) is 13.7. The zero-order valence-corrected chi connectivity index (χ0v) is 31.9. The minimum Gasteiger partial charge on any atom is -0.493 e. The first kappa shape index (κ1) is 38.1. The van der Waals surface area contributed by atoms with Crippen molar-refractivity contribution in [2.75, 3.05) is 65.7 Å². The van der Waals surface area contributed by atoms with Gasteiger partial charge in [-0.2, -0.15) is 0 Å². The third-order valence-electron chi connectivity index (χ3n) is 10.1. The van der Waals surface area contributed by atoms with Gasteiger partial charge in [-0.25, -0.2) is 0 Å². The predicted octanol–water partition coefficient (Wildman–Crippen LogP) is 8.96. The Bertz CT molecular complexity index is 1880. The van der Waals surface area contributed by atoms with Crippen LogP contribution in [0.1, 0.15) is 91.6 Å². The van der Waals surface area contributed by atoms with Gasteiger partial charge < -0.3 is 23.8 Å². The highest BCUT2D eigenvalue weighted by Crippen LogP contribution is 2.48. The Hall–Kier alpha value is -4.66. The molecule has 0 spiro atoms. The van der Waals surface area contributed by atoms with Crippen LogP contribution < -0.4 is 18.9 Å². The highest BCUT2D eigenvalue weighted by atomic mass is 16.5. The van der Waals surface area contributed by atoms with E-state index in [9.17, 15) is 9.59 Å². The average molecular weight is 719 g/mol. The van der Waals surface area contributed by atoms with Gasteiger partial charge in [0.25, 0.3) is 0 Å². The quantitative estimate of drug-likeness (QED) is 0.0866. The summed E-state index contributed by atoms with van der Waals surface area (Å²) in [5, 5.41) is 0. The number of hydrogen-bond acceptors (Lipinski definition) is 8. The van der Waals surface area contributed by atoms with Crippen LogP contribution in [0.2, 0.25) is 0 Å². The Morgan fingerprint density at radius 3 is 1.28 bits per heavy atom. The van der Waals surface area contributed by atoms with Crippen molar-refractivity contribution in [3.8, 4) is 45.3 Å². The number of nitrogens with zero attached hydrogens (tertiary/aromatic N) is 2. The molecule has 4 aromatic rings. The van der Waals surface area contributed by atoms with Gasteiger partial charge in [-0.3, -0.25) is 14.5 Å². The monoisotopic (exact) mass is 718 g/mol. The Morgan fingerprint density at radius 1 is 0.528 bits per heavy atom. The largest absolute Gasteiger partial charge is 0.493 e. The summed E-state index contributed by atoms with van der Waals surface area (Å²) in [6, 6.07) is 22.9. The molecular formula is C45H54N2O6. The fourth-order valence-electron chi connectivity index (χ4n) is 7.41. The number of ketones is 2. The molecule has 1 saturated heterocycles. The van der Waals surface area contributed by atoms with Crippen molar-refractivity contribution in [3.63, 3.8) is 0 Å². The minimum atomic E-state index is 0.0514. The second kappa shape index (κ2) is 18.4. The van der Waals surface area contributed by atoms with Crippen LogP contribution in [0.5, 0.6) is 23.0 Å². The third-order valence-corrected chi connectivity index (χ3v) is 10.1. The Morgan fingerprint density at radius 2 is 0.906 bits per heavy atom. The summed E-state index contributed by atoms with van der Waals surface area (Å²) in [6.45, 7) is 17.4. The van der Waals surface area contributed by atoms with Gasteiger partial charge in [-0.1, -0.05) is 76.2 Å². The van der Waals surface area contributed by atoms with Gasteiger partial charge in [0.1, 0.15) is 29.6 Å². The maximum atomic E-state index is 12.8. The molecule has 0 amide bonds. The number of fused-ring (bicyclic) bond motifs is 6. The van der Waals surface area contributed by atoms with Crippen LogP contribution in [0, 0.1) is 0 Å². The van der Waals surface area contributed by atoms with E-state index in [0.29, 0.717) is 48.7 Å². The molecule has 1 aliphatic heterocycles. The van der Waals surface area contributed by atoms with Crippen LogP contribution in [-0.4, -0.2) is 87.1 Å². The molecule has 0 saturated carbocycles. The highest BCUT2D eigenvalue weighted by molar-refractivity contribution is 6.24. The lowest BCUT2D eigenvalue weighted by molar-refractivity contribution is 0.103. The Balaban J connectivity index is 0.000000181. The standard InChI is InChI=1S/C23H29NO3.C22H25NO3/c1-4-15-26-19-12-7-10-17-21(19)22-18(23(17)25)11-8-13-20(22)27-16-9-14-24(5-2)6-3;1-2-14-25-18-9-5-7-16-20(18)21-17(22(16)24)8-6-10-19(21)26-15-13-23-11-3-4-12-23/h7-8,10-13H,4-6,9,14-16H2,1-3H3;5-10H,2-4,11-15H2,1H3. The molecule has 280 valence electrons. The second-order valence-electron chi connectivity index (χ2n) is 13.7. The van der Waals surface area contributed by atoms with Crippen LogP contribution in [-0.2, 0) is 0 Å². The maximum Gasteiger partial charge on any atom is 0.194 e. The number of rotatable bonds is 17. The molecule has 1 heterocycles. The zero-order valence-electron chi connectivity index (χ0n) is 31.9. The summed E-state index contributed by atoms with van der Waals surface area (Å²) in [4.78, 5) is 30.5.